The quantitative estimate of drug-likeness (QED) is 0.343. The minimum atomic E-state index is -3.64. The Labute approximate surface area is 192 Å². The van der Waals surface area contributed by atoms with Crippen molar-refractivity contribution in [3.63, 3.8) is 0 Å². The molecule has 1 atom stereocenters. The van der Waals surface area contributed by atoms with Gasteiger partial charge in [0.25, 0.3) is 0 Å². The first-order valence-corrected chi connectivity index (χ1v) is 12.4. The van der Waals surface area contributed by atoms with Crippen LogP contribution >= 0.6 is 0 Å². The number of carbonyl (C=O) groups excluding carboxylic acids is 1. The van der Waals surface area contributed by atoms with Gasteiger partial charge in [0.15, 0.2) is 9.84 Å². The predicted molar refractivity (Wildman–Crippen MR) is 124 cm³/mol. The number of ether oxygens (including phenoxy) is 1. The second-order valence-electron chi connectivity index (χ2n) is 8.60. The van der Waals surface area contributed by atoms with Crippen LogP contribution in [0.3, 0.4) is 0 Å². The average molecular weight is 470 g/mol. The summed E-state index contributed by atoms with van der Waals surface area (Å²) in [5, 5.41) is 13.0. The molecule has 1 unspecified atom stereocenters. The number of carbonyl (C=O) groups is 1. The molecule has 9 heteroatoms. The van der Waals surface area contributed by atoms with E-state index in [1.165, 1.54) is 12.1 Å². The minimum Gasteiger partial charge on any atom is -0.489 e. The Morgan fingerprint density at radius 1 is 1.21 bits per heavy atom. The number of aryl methyl sites for hydroxylation is 1. The fourth-order valence-corrected chi connectivity index (χ4v) is 6.28. The largest absolute Gasteiger partial charge is 0.489 e. The fraction of sp³-hybridized carbons (Fsp3) is 0.333. The summed E-state index contributed by atoms with van der Waals surface area (Å²) in [4.78, 5) is 16.4. The number of hydrogen-bond donors (Lipinski definition) is 3. The topological polar surface area (TPSA) is 118 Å². The van der Waals surface area contributed by atoms with Crippen molar-refractivity contribution in [3.05, 3.63) is 65.9 Å². The van der Waals surface area contributed by atoms with Crippen LogP contribution in [-0.4, -0.2) is 43.4 Å². The van der Waals surface area contributed by atoms with Gasteiger partial charge in [-0.25, -0.2) is 13.9 Å². The molecule has 3 aromatic rings. The van der Waals surface area contributed by atoms with E-state index in [2.05, 4.69) is 10.3 Å². The monoisotopic (exact) mass is 469 g/mol. The van der Waals surface area contributed by atoms with Gasteiger partial charge in [-0.3, -0.25) is 15.0 Å². The van der Waals surface area contributed by atoms with Crippen LogP contribution < -0.4 is 15.5 Å². The molecule has 4 rings (SSSR count). The van der Waals surface area contributed by atoms with Crippen molar-refractivity contribution in [2.45, 2.75) is 31.3 Å². The summed E-state index contributed by atoms with van der Waals surface area (Å²) in [6, 6.07) is 16.2. The maximum atomic E-state index is 13.1. The molecule has 174 valence electrons. The molecule has 8 nitrogen and oxygen atoms in total. The second-order valence-corrected chi connectivity index (χ2v) is 10.6. The Kier molecular flexibility index (Phi) is 6.64. The van der Waals surface area contributed by atoms with Gasteiger partial charge in [0, 0.05) is 35.0 Å². The van der Waals surface area contributed by atoms with Crippen LogP contribution in [0.4, 0.5) is 0 Å². The molecule has 3 N–H and O–H groups in total. The van der Waals surface area contributed by atoms with E-state index in [1.54, 1.807) is 17.6 Å². The standard InChI is InChI=1S/C24H27N3O5S/c1-17-12-18(21-4-2-3-5-22(21)26-17)14-32-19-6-8-20(9-7-19)33(30,31)16-24(10-11-25-15-24)13-23(28)27-29/h2-9,12,25,29H,10-11,13-16H2,1H3,(H,27,28). The van der Waals surface area contributed by atoms with Gasteiger partial charge in [0.2, 0.25) is 5.91 Å². The first-order valence-electron chi connectivity index (χ1n) is 10.7. The van der Waals surface area contributed by atoms with Crippen molar-refractivity contribution < 1.29 is 23.2 Å². The van der Waals surface area contributed by atoms with Gasteiger partial charge in [0.1, 0.15) is 12.4 Å². The lowest BCUT2D eigenvalue weighted by atomic mass is 9.85. The summed E-state index contributed by atoms with van der Waals surface area (Å²) in [6.07, 6.45) is 0.483. The summed E-state index contributed by atoms with van der Waals surface area (Å²) in [5.74, 6) is -0.205. The first kappa shape index (κ1) is 23.2. The van der Waals surface area contributed by atoms with E-state index < -0.39 is 21.2 Å². The van der Waals surface area contributed by atoms with E-state index in [0.29, 0.717) is 31.9 Å². The van der Waals surface area contributed by atoms with E-state index in [0.717, 1.165) is 22.2 Å². The van der Waals surface area contributed by atoms with Crippen LogP contribution in [0.2, 0.25) is 0 Å². The van der Waals surface area contributed by atoms with Gasteiger partial charge in [-0.2, -0.15) is 0 Å². The third kappa shape index (κ3) is 5.32. The highest BCUT2D eigenvalue weighted by atomic mass is 32.2. The molecule has 33 heavy (non-hydrogen) atoms. The third-order valence-electron chi connectivity index (χ3n) is 6.00. The number of sulfone groups is 1. The maximum Gasteiger partial charge on any atom is 0.243 e. The normalized spacial score (nSPS) is 18.4. The number of rotatable bonds is 8. The first-order chi connectivity index (χ1) is 15.8. The number of amides is 1. The summed E-state index contributed by atoms with van der Waals surface area (Å²) in [5.41, 5.74) is 3.67. The lowest BCUT2D eigenvalue weighted by molar-refractivity contribution is -0.131. The highest BCUT2D eigenvalue weighted by molar-refractivity contribution is 7.91. The van der Waals surface area contributed by atoms with Crippen LogP contribution in [0.5, 0.6) is 5.75 Å². The Morgan fingerprint density at radius 3 is 2.67 bits per heavy atom. The van der Waals surface area contributed by atoms with Gasteiger partial charge >= 0.3 is 0 Å². The predicted octanol–water partition coefficient (Wildman–Crippen LogP) is 2.77. The minimum absolute atomic E-state index is 0.0593. The molecular formula is C24H27N3O5S. The lowest BCUT2D eigenvalue weighted by Crippen LogP contribution is -2.37. The number of hydroxylamine groups is 1. The van der Waals surface area contributed by atoms with Gasteiger partial charge < -0.3 is 10.1 Å². The number of aromatic nitrogens is 1. The molecule has 0 radical (unpaired) electrons. The van der Waals surface area contributed by atoms with Gasteiger partial charge in [0.05, 0.1) is 16.2 Å². The molecule has 0 spiro atoms. The molecule has 1 aliphatic rings. The molecule has 1 saturated heterocycles. The van der Waals surface area contributed by atoms with Crippen molar-refractivity contribution >= 4 is 26.6 Å². The molecule has 2 aromatic carbocycles. The Hall–Kier alpha value is -3.01. The molecule has 0 saturated carbocycles. The van der Waals surface area contributed by atoms with Crippen molar-refractivity contribution in [1.82, 2.24) is 15.8 Å². The zero-order valence-corrected chi connectivity index (χ0v) is 19.2. The zero-order valence-electron chi connectivity index (χ0n) is 18.4. The molecule has 1 amide bonds. The maximum absolute atomic E-state index is 13.1. The number of hydrogen-bond acceptors (Lipinski definition) is 7. The molecule has 2 heterocycles. The van der Waals surface area contributed by atoms with Gasteiger partial charge in [-0.15, -0.1) is 0 Å². The van der Waals surface area contributed by atoms with Gasteiger partial charge in [-0.1, -0.05) is 18.2 Å². The molecule has 0 aliphatic carbocycles. The van der Waals surface area contributed by atoms with Crippen LogP contribution in [-0.2, 0) is 21.2 Å². The Bertz CT molecular complexity index is 1250. The van der Waals surface area contributed by atoms with Crippen LogP contribution in [0, 0.1) is 12.3 Å². The van der Waals surface area contributed by atoms with E-state index in [9.17, 15) is 13.2 Å². The van der Waals surface area contributed by atoms with Crippen molar-refractivity contribution in [2.24, 2.45) is 5.41 Å². The van der Waals surface area contributed by atoms with E-state index in [-0.39, 0.29) is 17.1 Å². The van der Waals surface area contributed by atoms with Crippen LogP contribution in [0.15, 0.2) is 59.5 Å². The number of fused-ring (bicyclic) bond motifs is 1. The molecular weight excluding hydrogens is 442 g/mol. The summed E-state index contributed by atoms with van der Waals surface area (Å²) < 4.78 is 32.1. The number of benzene rings is 2. The van der Waals surface area contributed by atoms with E-state index >= 15 is 0 Å². The third-order valence-corrected chi connectivity index (χ3v) is 7.98. The zero-order chi connectivity index (χ0) is 23.5. The number of para-hydroxylation sites is 1. The van der Waals surface area contributed by atoms with Crippen molar-refractivity contribution in [1.29, 1.82) is 0 Å². The number of nitrogens with one attached hydrogen (secondary N) is 2. The number of pyridine rings is 1. The van der Waals surface area contributed by atoms with E-state index in [4.69, 9.17) is 9.94 Å². The Morgan fingerprint density at radius 2 is 1.97 bits per heavy atom. The summed E-state index contributed by atoms with van der Waals surface area (Å²) in [6.45, 7) is 3.30. The number of nitrogens with zero attached hydrogens (tertiary/aromatic N) is 1. The molecule has 1 aromatic heterocycles. The van der Waals surface area contributed by atoms with Crippen LogP contribution in [0.25, 0.3) is 10.9 Å². The van der Waals surface area contributed by atoms with Crippen LogP contribution in [0.1, 0.15) is 24.1 Å². The molecule has 0 bridgehead atoms. The van der Waals surface area contributed by atoms with Gasteiger partial charge in [-0.05, 0) is 56.3 Å². The summed E-state index contributed by atoms with van der Waals surface area (Å²) >= 11 is 0. The average Bonchev–Trinajstić information content (AvgIpc) is 3.24. The van der Waals surface area contributed by atoms with E-state index in [1.807, 2.05) is 37.3 Å². The molecule has 1 aliphatic heterocycles. The SMILES string of the molecule is Cc1cc(COc2ccc(S(=O)(=O)CC3(CC(=O)NO)CCNC3)cc2)c2ccccc2n1. The summed E-state index contributed by atoms with van der Waals surface area (Å²) in [7, 11) is -3.64. The lowest BCUT2D eigenvalue weighted by Gasteiger charge is -2.26. The van der Waals surface area contributed by atoms with Crippen molar-refractivity contribution in [3.8, 4) is 5.75 Å². The highest BCUT2D eigenvalue weighted by Crippen LogP contribution is 2.34. The highest BCUT2D eigenvalue weighted by Gasteiger charge is 2.40. The fourth-order valence-electron chi connectivity index (χ4n) is 4.41. The Balaban J connectivity index is 1.47. The smallest absolute Gasteiger partial charge is 0.243 e. The molecule has 1 fully saturated rings. The second kappa shape index (κ2) is 9.46. The van der Waals surface area contributed by atoms with Crippen molar-refractivity contribution in [2.75, 3.05) is 18.8 Å².